The van der Waals surface area contributed by atoms with Crippen molar-refractivity contribution in [3.05, 3.63) is 32.0 Å². The van der Waals surface area contributed by atoms with Gasteiger partial charge in [-0.2, -0.15) is 4.37 Å². The van der Waals surface area contributed by atoms with Crippen molar-refractivity contribution in [3.8, 4) is 5.75 Å². The molecule has 3 nitrogen and oxygen atoms in total. The van der Waals surface area contributed by atoms with E-state index in [4.69, 9.17) is 34.8 Å². The van der Waals surface area contributed by atoms with Crippen molar-refractivity contribution in [2.24, 2.45) is 4.99 Å². The SMILES string of the molecule is FC(F)(F)Oc1cc(Cl)c(N=c2ssnc2Cl)c(Cl)c1. The molecule has 0 unspecified atom stereocenters. The van der Waals surface area contributed by atoms with Crippen molar-refractivity contribution in [2.75, 3.05) is 0 Å². The number of ether oxygens (including phenoxy) is 1. The average Bonchev–Trinajstić information content (AvgIpc) is 2.67. The van der Waals surface area contributed by atoms with Gasteiger partial charge in [-0.05, 0) is 10.3 Å². The fourth-order valence-electron chi connectivity index (χ4n) is 1.17. The Kier molecular flexibility index (Phi) is 4.80. The number of rotatable bonds is 2. The van der Waals surface area contributed by atoms with Crippen LogP contribution in [0.1, 0.15) is 0 Å². The lowest BCUT2D eigenvalue weighted by Crippen LogP contribution is -2.17. The second-order valence-corrected chi connectivity index (χ2v) is 6.24. The van der Waals surface area contributed by atoms with Crippen LogP contribution >= 0.6 is 55.7 Å². The van der Waals surface area contributed by atoms with E-state index in [0.717, 1.165) is 22.7 Å². The molecule has 2 aromatic rings. The fourth-order valence-corrected chi connectivity index (χ4v) is 3.70. The minimum absolute atomic E-state index is 0.0915. The maximum atomic E-state index is 12.1. The summed E-state index contributed by atoms with van der Waals surface area (Å²) in [6.45, 7) is 0. The molecule has 2 rings (SSSR count). The smallest absolute Gasteiger partial charge is 0.406 e. The maximum Gasteiger partial charge on any atom is 0.573 e. The summed E-state index contributed by atoms with van der Waals surface area (Å²) in [5.41, 5.74) is 0.0983. The first kappa shape index (κ1) is 15.8. The van der Waals surface area contributed by atoms with Gasteiger partial charge in [0.15, 0.2) is 9.82 Å². The van der Waals surface area contributed by atoms with Gasteiger partial charge in [0.25, 0.3) is 0 Å². The highest BCUT2D eigenvalue weighted by molar-refractivity contribution is 7.66. The highest BCUT2D eigenvalue weighted by atomic mass is 35.5. The largest absolute Gasteiger partial charge is 0.573 e. The molecule has 1 heterocycles. The zero-order valence-corrected chi connectivity index (χ0v) is 12.9. The van der Waals surface area contributed by atoms with Gasteiger partial charge in [-0.3, -0.25) is 0 Å². The van der Waals surface area contributed by atoms with E-state index in [-0.39, 0.29) is 20.9 Å². The molecular formula is C9H2Cl3F3N2OS2. The van der Waals surface area contributed by atoms with Crippen molar-refractivity contribution in [1.29, 1.82) is 0 Å². The minimum atomic E-state index is -4.83. The zero-order valence-electron chi connectivity index (χ0n) is 9.04. The van der Waals surface area contributed by atoms with Crippen LogP contribution in [-0.4, -0.2) is 10.7 Å². The maximum absolute atomic E-state index is 12.1. The van der Waals surface area contributed by atoms with Crippen molar-refractivity contribution < 1.29 is 17.9 Å². The molecule has 0 amide bonds. The first-order valence-electron chi connectivity index (χ1n) is 4.67. The van der Waals surface area contributed by atoms with E-state index in [9.17, 15) is 13.2 Å². The molecular weight excluding hydrogens is 380 g/mol. The molecule has 0 saturated carbocycles. The summed E-state index contributed by atoms with van der Waals surface area (Å²) < 4.78 is 44.2. The van der Waals surface area contributed by atoms with Gasteiger partial charge in [0.2, 0.25) is 0 Å². The minimum Gasteiger partial charge on any atom is -0.406 e. The van der Waals surface area contributed by atoms with E-state index in [0.29, 0.717) is 4.67 Å². The Morgan fingerprint density at radius 2 is 1.75 bits per heavy atom. The molecule has 1 aromatic carbocycles. The molecule has 1 aromatic heterocycles. The molecule has 0 spiro atoms. The predicted octanol–water partition coefficient (Wildman–Crippen LogP) is 5.30. The van der Waals surface area contributed by atoms with Gasteiger partial charge in [-0.25, -0.2) is 4.99 Å². The van der Waals surface area contributed by atoms with Gasteiger partial charge in [-0.15, -0.1) is 13.2 Å². The summed E-state index contributed by atoms with van der Waals surface area (Å²) in [4.78, 5) is 4.07. The van der Waals surface area contributed by atoms with Crippen molar-refractivity contribution >= 4 is 61.4 Å². The first-order chi connectivity index (χ1) is 9.26. The Morgan fingerprint density at radius 1 is 1.15 bits per heavy atom. The molecule has 0 aliphatic heterocycles. The lowest BCUT2D eigenvalue weighted by atomic mass is 10.3. The van der Waals surface area contributed by atoms with Crippen LogP contribution in [0.15, 0.2) is 17.1 Å². The van der Waals surface area contributed by atoms with E-state index in [1.54, 1.807) is 0 Å². The highest BCUT2D eigenvalue weighted by Crippen LogP contribution is 2.38. The number of halogens is 6. The Bertz CT molecular complexity index is 675. The third kappa shape index (κ3) is 3.98. The standard InChI is InChI=1S/C9H2Cl3F3N2OS2/c10-4-1-3(18-9(13,14)15)2-5(11)6(4)16-8-7(12)17-20-19-8/h1-2H. The van der Waals surface area contributed by atoms with E-state index in [1.165, 1.54) is 10.3 Å². The van der Waals surface area contributed by atoms with Crippen LogP contribution in [0, 0.1) is 0 Å². The number of hydrogen-bond donors (Lipinski definition) is 0. The van der Waals surface area contributed by atoms with E-state index in [2.05, 4.69) is 14.1 Å². The molecule has 0 atom stereocenters. The second kappa shape index (κ2) is 6.07. The van der Waals surface area contributed by atoms with Gasteiger partial charge >= 0.3 is 6.36 Å². The highest BCUT2D eigenvalue weighted by Gasteiger charge is 2.31. The predicted molar refractivity (Wildman–Crippen MR) is 73.4 cm³/mol. The molecule has 108 valence electrons. The van der Waals surface area contributed by atoms with E-state index < -0.39 is 12.1 Å². The van der Waals surface area contributed by atoms with Gasteiger partial charge in [0.1, 0.15) is 11.4 Å². The lowest BCUT2D eigenvalue weighted by molar-refractivity contribution is -0.274. The third-order valence-corrected chi connectivity index (χ3v) is 4.59. The van der Waals surface area contributed by atoms with Crippen LogP contribution in [0.25, 0.3) is 0 Å². The molecule has 11 heteroatoms. The summed E-state index contributed by atoms with van der Waals surface area (Å²) in [7, 11) is 2.29. The van der Waals surface area contributed by atoms with Crippen LogP contribution in [0.2, 0.25) is 15.2 Å². The molecule has 0 aliphatic rings. The van der Waals surface area contributed by atoms with E-state index >= 15 is 0 Å². The third-order valence-electron chi connectivity index (χ3n) is 1.85. The summed E-state index contributed by atoms with van der Waals surface area (Å²) in [5, 5.41) is -0.0137. The van der Waals surface area contributed by atoms with E-state index in [1.807, 2.05) is 0 Å². The van der Waals surface area contributed by atoms with Crippen molar-refractivity contribution in [1.82, 2.24) is 4.37 Å². The van der Waals surface area contributed by atoms with Gasteiger partial charge in [0, 0.05) is 22.7 Å². The van der Waals surface area contributed by atoms with Gasteiger partial charge in [0.05, 0.1) is 10.0 Å². The Balaban J connectivity index is 2.45. The molecule has 0 aliphatic carbocycles. The summed E-state index contributed by atoms with van der Waals surface area (Å²) in [6, 6.07) is 1.94. The van der Waals surface area contributed by atoms with Crippen molar-refractivity contribution in [2.45, 2.75) is 6.36 Å². The average molecular weight is 382 g/mol. The van der Waals surface area contributed by atoms with Crippen LogP contribution < -0.4 is 9.41 Å². The van der Waals surface area contributed by atoms with Crippen LogP contribution in [-0.2, 0) is 0 Å². The normalized spacial score (nSPS) is 12.8. The van der Waals surface area contributed by atoms with Crippen LogP contribution in [0.3, 0.4) is 0 Å². The van der Waals surface area contributed by atoms with Gasteiger partial charge < -0.3 is 4.74 Å². The molecule has 0 saturated heterocycles. The second-order valence-electron chi connectivity index (χ2n) is 3.24. The first-order valence-corrected chi connectivity index (χ1v) is 7.91. The monoisotopic (exact) mass is 380 g/mol. The van der Waals surface area contributed by atoms with Crippen molar-refractivity contribution in [3.63, 3.8) is 0 Å². The van der Waals surface area contributed by atoms with Crippen LogP contribution in [0.5, 0.6) is 5.75 Å². The fraction of sp³-hybridized carbons (Fsp3) is 0.111. The molecule has 20 heavy (non-hydrogen) atoms. The summed E-state index contributed by atoms with van der Waals surface area (Å²) >= 11 is 17.5. The summed E-state index contributed by atoms with van der Waals surface area (Å²) in [6.07, 6.45) is -4.83. The van der Waals surface area contributed by atoms with Crippen LogP contribution in [0.4, 0.5) is 18.9 Å². The molecule has 0 radical (unpaired) electrons. The van der Waals surface area contributed by atoms with Gasteiger partial charge in [-0.1, -0.05) is 34.8 Å². The Labute approximate surface area is 132 Å². The molecule has 0 N–H and O–H groups in total. The topological polar surface area (TPSA) is 34.5 Å². The lowest BCUT2D eigenvalue weighted by Gasteiger charge is -2.10. The summed E-state index contributed by atoms with van der Waals surface area (Å²) in [5.74, 6) is -0.523. The number of alkyl halides is 3. The quantitative estimate of drug-likeness (QED) is 0.662. The number of hydrogen-bond acceptors (Lipinski definition) is 5. The Hall–Kier alpha value is -0.540. The zero-order chi connectivity index (χ0) is 14.9. The molecule has 0 fully saturated rings. The molecule has 0 bridgehead atoms. The number of aromatic nitrogens is 1. The number of benzene rings is 1. The Morgan fingerprint density at radius 3 is 2.20 bits per heavy atom. The number of nitrogens with zero attached hydrogens (tertiary/aromatic N) is 2.